The van der Waals surface area contributed by atoms with E-state index in [0.29, 0.717) is 30.3 Å². The summed E-state index contributed by atoms with van der Waals surface area (Å²) in [4.78, 5) is 12.3. The van der Waals surface area contributed by atoms with E-state index in [2.05, 4.69) is 42.1 Å². The lowest BCUT2D eigenvalue weighted by Gasteiger charge is -2.26. The van der Waals surface area contributed by atoms with Gasteiger partial charge in [0.15, 0.2) is 0 Å². The zero-order chi connectivity index (χ0) is 17.8. The number of fused-ring (bicyclic) bond motifs is 1. The Balaban J connectivity index is 1.50. The molecular formula is C20H31N3O2. The fourth-order valence-electron chi connectivity index (χ4n) is 4.26. The van der Waals surface area contributed by atoms with Gasteiger partial charge in [-0.05, 0) is 68.7 Å². The Bertz CT molecular complexity index is 595. The number of hydrogen-bond donors (Lipinski definition) is 3. The van der Waals surface area contributed by atoms with Gasteiger partial charge in [0.1, 0.15) is 5.75 Å². The molecule has 0 radical (unpaired) electrons. The number of ether oxygens (including phenoxy) is 1. The normalized spacial score (nSPS) is 28.4. The van der Waals surface area contributed by atoms with Gasteiger partial charge >= 0.3 is 0 Å². The molecule has 3 N–H and O–H groups in total. The minimum absolute atomic E-state index is 0.173. The van der Waals surface area contributed by atoms with Crippen LogP contribution in [0.5, 0.6) is 5.75 Å². The Hall–Kier alpha value is -1.59. The molecule has 0 spiro atoms. The van der Waals surface area contributed by atoms with Gasteiger partial charge in [-0.3, -0.25) is 15.6 Å². The summed E-state index contributed by atoms with van der Waals surface area (Å²) in [5.74, 6) is 2.03. The Kier molecular flexibility index (Phi) is 5.97. The van der Waals surface area contributed by atoms with Crippen molar-refractivity contribution in [2.45, 2.75) is 64.0 Å². The van der Waals surface area contributed by atoms with E-state index in [9.17, 15) is 4.79 Å². The van der Waals surface area contributed by atoms with Crippen LogP contribution in [0.3, 0.4) is 0 Å². The zero-order valence-electron chi connectivity index (χ0n) is 15.6. The highest BCUT2D eigenvalue weighted by atomic mass is 16.5. The molecule has 1 saturated heterocycles. The molecule has 2 aliphatic rings. The number of aryl methyl sites for hydroxylation is 1. The summed E-state index contributed by atoms with van der Waals surface area (Å²) < 4.78 is 5.33. The number of methoxy groups -OCH3 is 1. The van der Waals surface area contributed by atoms with Crippen LogP contribution in [0, 0.1) is 5.92 Å². The molecule has 1 heterocycles. The second-order valence-electron chi connectivity index (χ2n) is 7.53. The van der Waals surface area contributed by atoms with Gasteiger partial charge in [0.05, 0.1) is 7.11 Å². The van der Waals surface area contributed by atoms with Crippen molar-refractivity contribution < 1.29 is 9.53 Å². The van der Waals surface area contributed by atoms with Gasteiger partial charge in [0.2, 0.25) is 5.91 Å². The number of hydrogen-bond acceptors (Lipinski definition) is 4. The van der Waals surface area contributed by atoms with Crippen LogP contribution in [0.15, 0.2) is 18.2 Å². The third-order valence-corrected chi connectivity index (χ3v) is 5.86. The van der Waals surface area contributed by atoms with Crippen molar-refractivity contribution in [1.82, 2.24) is 16.2 Å². The largest absolute Gasteiger partial charge is 0.497 e. The molecule has 1 aliphatic carbocycles. The van der Waals surface area contributed by atoms with Crippen LogP contribution in [0.25, 0.3) is 0 Å². The van der Waals surface area contributed by atoms with Crippen LogP contribution in [0.4, 0.5) is 0 Å². The standard InChI is InChI=1S/C20H31N3O2/c1-13-18(14(2)23-22-13)9-10-20(24)21-12-16-6-4-5-15-11-17(25-3)7-8-19(15)16/h7-8,11,13-14,16,18,22-23H,4-6,9-10,12H2,1-3H3,(H,21,24). The number of benzene rings is 1. The van der Waals surface area contributed by atoms with Gasteiger partial charge < -0.3 is 10.1 Å². The lowest BCUT2D eigenvalue weighted by molar-refractivity contribution is -0.121. The summed E-state index contributed by atoms with van der Waals surface area (Å²) in [5.41, 5.74) is 9.26. The molecule has 1 fully saturated rings. The van der Waals surface area contributed by atoms with Gasteiger partial charge in [0, 0.05) is 31.0 Å². The predicted molar refractivity (Wildman–Crippen MR) is 99.6 cm³/mol. The maximum Gasteiger partial charge on any atom is 0.220 e. The highest BCUT2D eigenvalue weighted by Crippen LogP contribution is 2.33. The number of rotatable bonds is 6. The number of carbonyl (C=O) groups is 1. The molecule has 3 atom stereocenters. The second-order valence-corrected chi connectivity index (χ2v) is 7.53. The van der Waals surface area contributed by atoms with Crippen LogP contribution in [-0.2, 0) is 11.2 Å². The molecule has 0 bridgehead atoms. The summed E-state index contributed by atoms with van der Waals surface area (Å²) in [6.45, 7) is 5.09. The summed E-state index contributed by atoms with van der Waals surface area (Å²) in [7, 11) is 1.71. The first-order valence-corrected chi connectivity index (χ1v) is 9.53. The van der Waals surface area contributed by atoms with E-state index in [1.807, 2.05) is 6.07 Å². The fourth-order valence-corrected chi connectivity index (χ4v) is 4.26. The molecule has 138 valence electrons. The van der Waals surface area contributed by atoms with Gasteiger partial charge in [-0.2, -0.15) is 0 Å². The maximum absolute atomic E-state index is 12.3. The highest BCUT2D eigenvalue weighted by molar-refractivity contribution is 5.76. The highest BCUT2D eigenvalue weighted by Gasteiger charge is 2.29. The predicted octanol–water partition coefficient (Wildman–Crippen LogP) is 2.51. The smallest absolute Gasteiger partial charge is 0.220 e. The maximum atomic E-state index is 12.3. The van der Waals surface area contributed by atoms with Crippen LogP contribution in [0.2, 0.25) is 0 Å². The van der Waals surface area contributed by atoms with E-state index in [1.54, 1.807) is 7.11 Å². The molecule has 25 heavy (non-hydrogen) atoms. The summed E-state index contributed by atoms with van der Waals surface area (Å²) in [6.07, 6.45) is 4.95. The quantitative estimate of drug-likeness (QED) is 0.741. The molecule has 0 saturated carbocycles. The molecule has 3 unspecified atom stereocenters. The fraction of sp³-hybridized carbons (Fsp3) is 0.650. The minimum Gasteiger partial charge on any atom is -0.497 e. The van der Waals surface area contributed by atoms with Crippen LogP contribution in [0.1, 0.15) is 56.6 Å². The lowest BCUT2D eigenvalue weighted by atomic mass is 9.82. The van der Waals surface area contributed by atoms with Crippen molar-refractivity contribution >= 4 is 5.91 Å². The van der Waals surface area contributed by atoms with Crippen LogP contribution in [-0.4, -0.2) is 31.6 Å². The Morgan fingerprint density at radius 2 is 2.04 bits per heavy atom. The topological polar surface area (TPSA) is 62.4 Å². The van der Waals surface area contributed by atoms with Gasteiger partial charge in [-0.1, -0.05) is 6.07 Å². The minimum atomic E-state index is 0.173. The zero-order valence-corrected chi connectivity index (χ0v) is 15.6. The van der Waals surface area contributed by atoms with E-state index < -0.39 is 0 Å². The van der Waals surface area contributed by atoms with E-state index in [0.717, 1.165) is 31.6 Å². The number of carbonyl (C=O) groups excluding carboxylic acids is 1. The third kappa shape index (κ3) is 4.33. The molecule has 5 heteroatoms. The summed E-state index contributed by atoms with van der Waals surface area (Å²) in [5, 5.41) is 3.16. The third-order valence-electron chi connectivity index (χ3n) is 5.86. The van der Waals surface area contributed by atoms with Crippen molar-refractivity contribution in [3.63, 3.8) is 0 Å². The molecule has 0 aromatic heterocycles. The first-order valence-electron chi connectivity index (χ1n) is 9.53. The first kappa shape index (κ1) is 18.2. The second kappa shape index (κ2) is 8.19. The number of amides is 1. The Morgan fingerprint density at radius 1 is 1.28 bits per heavy atom. The van der Waals surface area contributed by atoms with Gasteiger partial charge in [-0.25, -0.2) is 0 Å². The van der Waals surface area contributed by atoms with Gasteiger partial charge in [0.25, 0.3) is 0 Å². The molecular weight excluding hydrogens is 314 g/mol. The molecule has 1 aliphatic heterocycles. The van der Waals surface area contributed by atoms with Crippen molar-refractivity contribution in [3.05, 3.63) is 29.3 Å². The Labute approximate surface area is 150 Å². The van der Waals surface area contributed by atoms with E-state index >= 15 is 0 Å². The molecule has 3 rings (SSSR count). The van der Waals surface area contributed by atoms with Crippen molar-refractivity contribution in [3.8, 4) is 5.75 Å². The number of hydrazine groups is 1. The van der Waals surface area contributed by atoms with E-state index in [-0.39, 0.29) is 5.91 Å². The molecule has 1 amide bonds. The Morgan fingerprint density at radius 3 is 2.76 bits per heavy atom. The molecule has 1 aromatic carbocycles. The lowest BCUT2D eigenvalue weighted by Crippen LogP contribution is -2.31. The van der Waals surface area contributed by atoms with E-state index in [1.165, 1.54) is 17.5 Å². The van der Waals surface area contributed by atoms with Crippen molar-refractivity contribution in [2.24, 2.45) is 5.92 Å². The summed E-state index contributed by atoms with van der Waals surface area (Å²) in [6, 6.07) is 7.18. The average Bonchev–Trinajstić information content (AvgIpc) is 2.95. The number of nitrogens with one attached hydrogen (secondary N) is 3. The summed E-state index contributed by atoms with van der Waals surface area (Å²) >= 11 is 0. The SMILES string of the molecule is COc1ccc2c(c1)CCCC2CNC(=O)CCC1C(C)NNC1C. The molecule has 1 aromatic rings. The monoisotopic (exact) mass is 345 g/mol. The van der Waals surface area contributed by atoms with Crippen LogP contribution < -0.4 is 20.9 Å². The first-order chi connectivity index (χ1) is 12.1. The van der Waals surface area contributed by atoms with Crippen molar-refractivity contribution in [2.75, 3.05) is 13.7 Å². The molecule has 5 nitrogen and oxygen atoms in total. The average molecular weight is 345 g/mol. The van der Waals surface area contributed by atoms with Gasteiger partial charge in [-0.15, -0.1) is 0 Å². The van der Waals surface area contributed by atoms with Crippen LogP contribution >= 0.6 is 0 Å². The van der Waals surface area contributed by atoms with Crippen molar-refractivity contribution in [1.29, 1.82) is 0 Å². The van der Waals surface area contributed by atoms with E-state index in [4.69, 9.17) is 4.74 Å².